The van der Waals surface area contributed by atoms with Crippen LogP contribution in [0, 0.1) is 44.4 Å². The summed E-state index contributed by atoms with van der Waals surface area (Å²) in [4.78, 5) is 26.3. The number of aromatic nitrogens is 1. The smallest absolute Gasteiger partial charge is 0.408 e. The number of carbonyl (C=O) groups is 2. The van der Waals surface area contributed by atoms with Crippen molar-refractivity contribution in [2.45, 2.75) is 82.8 Å². The van der Waals surface area contributed by atoms with E-state index in [1.807, 2.05) is 13.8 Å². The summed E-state index contributed by atoms with van der Waals surface area (Å²) in [7, 11) is -2.56. The molecule has 4 fully saturated rings. The highest BCUT2D eigenvalue weighted by Gasteiger charge is 2.50. The summed E-state index contributed by atoms with van der Waals surface area (Å²) in [6.07, 6.45) is 6.60. The Kier molecular flexibility index (Phi) is 6.86. The number of hydrogen-bond donors (Lipinski definition) is 1. The van der Waals surface area contributed by atoms with E-state index in [2.05, 4.69) is 5.32 Å². The number of amides is 1. The highest BCUT2D eigenvalue weighted by atomic mass is 32.2. The third-order valence-electron chi connectivity index (χ3n) is 9.15. The predicted octanol–water partition coefficient (Wildman–Crippen LogP) is 4.68. The molecule has 1 atom stereocenters. The lowest BCUT2D eigenvalue weighted by Crippen LogP contribution is -2.57. The van der Waals surface area contributed by atoms with Gasteiger partial charge in [-0.25, -0.2) is 22.0 Å². The van der Waals surface area contributed by atoms with Crippen molar-refractivity contribution in [2.24, 2.45) is 23.7 Å². The fraction of sp³-hybridized carbons (Fsp3) is 0.586. The van der Waals surface area contributed by atoms with Crippen molar-refractivity contribution in [3.05, 3.63) is 52.8 Å². The van der Waals surface area contributed by atoms with Gasteiger partial charge in [-0.2, -0.15) is 0 Å². The molecule has 0 aliphatic heterocycles. The van der Waals surface area contributed by atoms with Gasteiger partial charge in [0.05, 0.1) is 12.0 Å². The zero-order valence-corrected chi connectivity index (χ0v) is 23.6. The number of methoxy groups -OCH3 is 1. The summed E-state index contributed by atoms with van der Waals surface area (Å²) >= 11 is 0. The molecule has 9 heteroatoms. The van der Waals surface area contributed by atoms with E-state index >= 15 is 0 Å². The Morgan fingerprint density at radius 3 is 2.13 bits per heavy atom. The molecule has 0 unspecified atom stereocenters. The number of ether oxygens (including phenoxy) is 2. The molecule has 1 aromatic carbocycles. The summed E-state index contributed by atoms with van der Waals surface area (Å²) in [5, 5.41) is 2.79. The predicted molar refractivity (Wildman–Crippen MR) is 142 cm³/mol. The quantitative estimate of drug-likeness (QED) is 0.510. The highest BCUT2D eigenvalue weighted by molar-refractivity contribution is 7.90. The zero-order chi connectivity index (χ0) is 27.4. The first-order chi connectivity index (χ1) is 17.9. The maximum Gasteiger partial charge on any atom is 0.408 e. The summed E-state index contributed by atoms with van der Waals surface area (Å²) in [5.74, 6) is 1.68. The van der Waals surface area contributed by atoms with Crippen LogP contribution in [-0.4, -0.2) is 43.2 Å². The lowest BCUT2D eigenvalue weighted by atomic mass is 9.55. The van der Waals surface area contributed by atoms with E-state index < -0.39 is 27.6 Å². The van der Waals surface area contributed by atoms with E-state index in [1.165, 1.54) is 23.7 Å². The molecule has 38 heavy (non-hydrogen) atoms. The molecule has 1 N–H and O–H groups in total. The summed E-state index contributed by atoms with van der Waals surface area (Å²) in [6, 6.07) is 6.68. The molecule has 0 spiro atoms. The zero-order valence-electron chi connectivity index (χ0n) is 22.8. The van der Waals surface area contributed by atoms with Crippen LogP contribution < -0.4 is 5.32 Å². The lowest BCUT2D eigenvalue weighted by molar-refractivity contribution is -0.148. The lowest BCUT2D eigenvalue weighted by Gasteiger charge is -2.53. The average Bonchev–Trinajstić information content (AvgIpc) is 3.14. The minimum absolute atomic E-state index is 0.0551. The van der Waals surface area contributed by atoms with Crippen LogP contribution >= 0.6 is 0 Å². The third-order valence-corrected chi connectivity index (χ3v) is 10.9. The number of esters is 1. The molecule has 4 saturated carbocycles. The first-order valence-electron chi connectivity index (χ1n) is 13.5. The van der Waals surface area contributed by atoms with Crippen molar-refractivity contribution < 1.29 is 27.5 Å². The number of benzene rings is 1. The second-order valence-corrected chi connectivity index (χ2v) is 13.7. The molecular weight excluding hydrogens is 504 g/mol. The number of carbonyl (C=O) groups excluding carboxylic acids is 2. The second-order valence-electron chi connectivity index (χ2n) is 11.9. The number of aryl methyl sites for hydroxylation is 1. The first kappa shape index (κ1) is 26.8. The van der Waals surface area contributed by atoms with Gasteiger partial charge >= 0.3 is 12.1 Å². The van der Waals surface area contributed by atoms with Gasteiger partial charge < -0.3 is 14.8 Å². The fourth-order valence-electron chi connectivity index (χ4n) is 7.20. The molecule has 2 aromatic rings. The van der Waals surface area contributed by atoms with Crippen molar-refractivity contribution in [3.8, 4) is 0 Å². The van der Waals surface area contributed by atoms with Crippen LogP contribution in [-0.2, 0) is 30.7 Å². The van der Waals surface area contributed by atoms with Crippen molar-refractivity contribution in [1.82, 2.24) is 9.29 Å². The average molecular weight is 543 g/mol. The van der Waals surface area contributed by atoms with Gasteiger partial charge in [-0.3, -0.25) is 0 Å². The Balaban J connectivity index is 1.36. The van der Waals surface area contributed by atoms with Crippen LogP contribution in [0.3, 0.4) is 0 Å². The van der Waals surface area contributed by atoms with Gasteiger partial charge in [0.2, 0.25) is 0 Å². The maximum atomic E-state index is 13.4. The Hall–Kier alpha value is -2.81. The molecule has 6 rings (SSSR count). The van der Waals surface area contributed by atoms with Gasteiger partial charge in [0.15, 0.2) is 0 Å². The Labute approximate surface area is 225 Å². The molecule has 8 nitrogen and oxygen atoms in total. The van der Waals surface area contributed by atoms with E-state index in [-0.39, 0.29) is 17.4 Å². The SMILES string of the molecule is COC(=O)[C@](C)(Cc1cn(S(=O)(=O)c2ccc(C)cc2)c(C)c1C)NC(=O)OC1C2CC3CC(C2)CC1C3. The monoisotopic (exact) mass is 542 g/mol. The van der Waals surface area contributed by atoms with Crippen molar-refractivity contribution in [3.63, 3.8) is 0 Å². The highest BCUT2D eigenvalue weighted by Crippen LogP contribution is 2.54. The van der Waals surface area contributed by atoms with Gasteiger partial charge in [-0.05, 0) is 107 Å². The molecular formula is C29H38N2O6S. The normalized spacial score (nSPS) is 27.6. The third kappa shape index (κ3) is 4.74. The standard InChI is InChI=1S/C29H38N2O6S/c1-17-6-8-25(9-7-17)38(34,35)31-16-24(18(2)19(31)3)15-29(4,27(32)36-5)30-28(33)37-26-22-11-20-10-21(13-22)14-23(26)12-20/h6-9,16,20-23,26H,10-15H2,1-5H3,(H,30,33)/t20?,21?,22?,23?,26?,29-/m0/s1. The van der Waals surface area contributed by atoms with E-state index in [0.717, 1.165) is 48.6 Å². The minimum atomic E-state index is -3.83. The number of alkyl carbamates (subject to hydrolysis) is 1. The number of hydrogen-bond acceptors (Lipinski definition) is 6. The van der Waals surface area contributed by atoms with Crippen molar-refractivity contribution in [1.29, 1.82) is 0 Å². The Morgan fingerprint density at radius 1 is 1.00 bits per heavy atom. The Morgan fingerprint density at radius 2 is 1.58 bits per heavy atom. The van der Waals surface area contributed by atoms with E-state index in [9.17, 15) is 18.0 Å². The molecule has 206 valence electrons. The van der Waals surface area contributed by atoms with Crippen LogP contribution in [0.5, 0.6) is 0 Å². The van der Waals surface area contributed by atoms with Gasteiger partial charge in [0, 0.05) is 18.3 Å². The largest absolute Gasteiger partial charge is 0.467 e. The van der Waals surface area contributed by atoms with Gasteiger partial charge in [-0.15, -0.1) is 0 Å². The van der Waals surface area contributed by atoms with E-state index in [1.54, 1.807) is 38.1 Å². The molecule has 0 radical (unpaired) electrons. The van der Waals surface area contributed by atoms with Crippen molar-refractivity contribution >= 4 is 22.1 Å². The fourth-order valence-corrected chi connectivity index (χ4v) is 8.67. The molecule has 4 aliphatic carbocycles. The molecule has 0 saturated heterocycles. The Bertz CT molecular complexity index is 1320. The minimum Gasteiger partial charge on any atom is -0.467 e. The van der Waals surface area contributed by atoms with Crippen LogP contribution in [0.1, 0.15) is 61.4 Å². The molecule has 4 aliphatic rings. The van der Waals surface area contributed by atoms with Crippen molar-refractivity contribution in [2.75, 3.05) is 7.11 Å². The van der Waals surface area contributed by atoms with Crippen LogP contribution in [0.2, 0.25) is 0 Å². The number of nitrogens with one attached hydrogen (secondary N) is 1. The van der Waals surface area contributed by atoms with Gasteiger partial charge in [-0.1, -0.05) is 17.7 Å². The number of rotatable bonds is 7. The van der Waals surface area contributed by atoms with Crippen LogP contribution in [0.25, 0.3) is 0 Å². The molecule has 1 amide bonds. The maximum absolute atomic E-state index is 13.4. The van der Waals surface area contributed by atoms with Crippen LogP contribution in [0.15, 0.2) is 35.4 Å². The molecule has 1 heterocycles. The summed E-state index contributed by atoms with van der Waals surface area (Å²) < 4.78 is 39.1. The number of nitrogens with zero attached hydrogens (tertiary/aromatic N) is 1. The van der Waals surface area contributed by atoms with Gasteiger partial charge in [0.25, 0.3) is 10.0 Å². The molecule has 1 aromatic heterocycles. The molecule has 4 bridgehead atoms. The van der Waals surface area contributed by atoms with E-state index in [4.69, 9.17) is 9.47 Å². The summed E-state index contributed by atoms with van der Waals surface area (Å²) in [6.45, 7) is 7.04. The second kappa shape index (κ2) is 9.74. The first-order valence-corrected chi connectivity index (χ1v) is 14.9. The van der Waals surface area contributed by atoms with Gasteiger partial charge in [0.1, 0.15) is 11.6 Å². The summed E-state index contributed by atoms with van der Waals surface area (Å²) in [5.41, 5.74) is 1.43. The topological polar surface area (TPSA) is 104 Å². The van der Waals surface area contributed by atoms with Crippen LogP contribution in [0.4, 0.5) is 4.79 Å². The van der Waals surface area contributed by atoms with E-state index in [0.29, 0.717) is 23.1 Å².